The number of alkyl halides is 3. The highest BCUT2D eigenvalue weighted by Crippen LogP contribution is 2.38. The molecule has 5 heterocycles. The van der Waals surface area contributed by atoms with Crippen molar-refractivity contribution in [3.05, 3.63) is 35.7 Å². The molecule has 0 atom stereocenters. The number of piperazine rings is 1. The SMILES string of the molecule is CCOC(=O)Nc1cc(C(F)(F)F)c(-c2nc(N3CCOCC3)c3cc(CN4CCN(S(C)(=O)=O)CC4)cn3n2)cn1. The molecule has 3 aromatic heterocycles. The lowest BCUT2D eigenvalue weighted by atomic mass is 10.1. The minimum atomic E-state index is -4.79. The number of fused-ring (bicyclic) bond motifs is 1. The Hall–Kier alpha value is -3.54. The number of halogens is 3. The van der Waals surface area contributed by atoms with E-state index in [2.05, 4.69) is 25.3 Å². The number of hydrogen-bond acceptors (Lipinski definition) is 10. The Morgan fingerprint density at radius 3 is 2.48 bits per heavy atom. The van der Waals surface area contributed by atoms with E-state index in [1.807, 2.05) is 11.0 Å². The molecule has 0 aliphatic carbocycles. The lowest BCUT2D eigenvalue weighted by molar-refractivity contribution is -0.137. The number of hydrogen-bond donors (Lipinski definition) is 1. The van der Waals surface area contributed by atoms with Gasteiger partial charge >= 0.3 is 12.3 Å². The molecule has 1 N–H and O–H groups in total. The largest absolute Gasteiger partial charge is 0.450 e. The van der Waals surface area contributed by atoms with Crippen molar-refractivity contribution < 1.29 is 35.9 Å². The predicted molar refractivity (Wildman–Crippen MR) is 147 cm³/mol. The molecule has 0 saturated carbocycles. The number of rotatable bonds is 7. The van der Waals surface area contributed by atoms with Crippen molar-refractivity contribution in [2.24, 2.45) is 0 Å². The van der Waals surface area contributed by atoms with Gasteiger partial charge in [0.15, 0.2) is 11.6 Å². The molecule has 1 amide bonds. The number of anilines is 2. The van der Waals surface area contributed by atoms with Crippen molar-refractivity contribution >= 4 is 33.3 Å². The molecule has 2 aliphatic rings. The van der Waals surface area contributed by atoms with E-state index < -0.39 is 27.9 Å². The fourth-order valence-electron chi connectivity index (χ4n) is 4.93. The number of pyridine rings is 1. The molecule has 13 nitrogen and oxygen atoms in total. The first-order valence-corrected chi connectivity index (χ1v) is 15.2. The zero-order valence-corrected chi connectivity index (χ0v) is 23.9. The Morgan fingerprint density at radius 1 is 1.12 bits per heavy atom. The first kappa shape index (κ1) is 29.9. The first-order chi connectivity index (χ1) is 19.9. The molecule has 0 radical (unpaired) electrons. The van der Waals surface area contributed by atoms with Gasteiger partial charge < -0.3 is 14.4 Å². The lowest BCUT2D eigenvalue weighted by Gasteiger charge is -2.32. The van der Waals surface area contributed by atoms with Crippen LogP contribution in [0.4, 0.5) is 29.6 Å². The van der Waals surface area contributed by atoms with Crippen LogP contribution in [0.2, 0.25) is 0 Å². The van der Waals surface area contributed by atoms with E-state index in [1.54, 1.807) is 13.1 Å². The molecular formula is C25H31F3N8O5S. The van der Waals surface area contributed by atoms with E-state index in [9.17, 15) is 26.4 Å². The van der Waals surface area contributed by atoms with Gasteiger partial charge in [0, 0.05) is 58.2 Å². The molecule has 42 heavy (non-hydrogen) atoms. The summed E-state index contributed by atoms with van der Waals surface area (Å²) in [6, 6.07) is 2.62. The summed E-state index contributed by atoms with van der Waals surface area (Å²) < 4.78 is 79.6. The maximum absolute atomic E-state index is 14.2. The summed E-state index contributed by atoms with van der Waals surface area (Å²) in [6.07, 6.45) is -1.80. The highest BCUT2D eigenvalue weighted by molar-refractivity contribution is 7.88. The number of amides is 1. The quantitative estimate of drug-likeness (QED) is 0.424. The fraction of sp³-hybridized carbons (Fsp3) is 0.520. The highest BCUT2D eigenvalue weighted by Gasteiger charge is 2.36. The van der Waals surface area contributed by atoms with Crippen LogP contribution in [0.1, 0.15) is 18.1 Å². The van der Waals surface area contributed by atoms with Gasteiger partial charge in [0.1, 0.15) is 11.3 Å². The Kier molecular flexibility index (Phi) is 8.54. The molecule has 0 bridgehead atoms. The summed E-state index contributed by atoms with van der Waals surface area (Å²) >= 11 is 0. The zero-order valence-electron chi connectivity index (χ0n) is 23.1. The van der Waals surface area contributed by atoms with E-state index in [-0.39, 0.29) is 23.8 Å². The molecule has 2 saturated heterocycles. The minimum Gasteiger partial charge on any atom is -0.450 e. The highest BCUT2D eigenvalue weighted by atomic mass is 32.2. The summed E-state index contributed by atoms with van der Waals surface area (Å²) in [5, 5.41) is 6.64. The number of aromatic nitrogens is 4. The van der Waals surface area contributed by atoms with Gasteiger partial charge in [-0.15, -0.1) is 5.10 Å². The minimum absolute atomic E-state index is 0.0456. The Labute approximate surface area is 240 Å². The van der Waals surface area contributed by atoms with Gasteiger partial charge in [-0.25, -0.2) is 27.7 Å². The molecule has 0 aromatic carbocycles. The monoisotopic (exact) mass is 612 g/mol. The van der Waals surface area contributed by atoms with Crippen LogP contribution in [0.5, 0.6) is 0 Å². The van der Waals surface area contributed by atoms with E-state index in [1.165, 1.54) is 15.1 Å². The molecule has 2 aliphatic heterocycles. The second-order valence-electron chi connectivity index (χ2n) is 9.93. The van der Waals surface area contributed by atoms with Crippen LogP contribution in [0.25, 0.3) is 16.9 Å². The van der Waals surface area contributed by atoms with Crippen LogP contribution in [-0.4, -0.2) is 109 Å². The molecule has 3 aromatic rings. The van der Waals surface area contributed by atoms with Crippen molar-refractivity contribution in [3.8, 4) is 11.4 Å². The van der Waals surface area contributed by atoms with Crippen LogP contribution >= 0.6 is 0 Å². The average molecular weight is 613 g/mol. The standard InChI is InChI=1S/C25H31F3N8O5S/c1-3-41-24(37)30-21-13-19(25(26,27)28)18(14-29-21)22-31-23(34-8-10-40-11-9-34)20-12-17(16-36(20)32-22)15-33-4-6-35(7-5-33)42(2,38)39/h12-14,16H,3-11,15H2,1-2H3,(H,29,30,37). The molecule has 228 valence electrons. The zero-order chi connectivity index (χ0) is 30.1. The number of nitrogens with zero attached hydrogens (tertiary/aromatic N) is 7. The van der Waals surface area contributed by atoms with Crippen LogP contribution < -0.4 is 10.2 Å². The van der Waals surface area contributed by atoms with Gasteiger partial charge in [-0.1, -0.05) is 0 Å². The maximum atomic E-state index is 14.2. The second-order valence-corrected chi connectivity index (χ2v) is 11.9. The number of ether oxygens (including phenoxy) is 2. The molecule has 2 fully saturated rings. The third kappa shape index (κ3) is 6.74. The average Bonchev–Trinajstić information content (AvgIpc) is 3.34. The molecular weight excluding hydrogens is 581 g/mol. The van der Waals surface area contributed by atoms with Crippen molar-refractivity contribution in [3.63, 3.8) is 0 Å². The van der Waals surface area contributed by atoms with Crippen LogP contribution in [-0.2, 0) is 32.2 Å². The maximum Gasteiger partial charge on any atom is 0.417 e. The Bertz CT molecular complexity index is 1550. The van der Waals surface area contributed by atoms with Crippen molar-refractivity contribution in [1.29, 1.82) is 0 Å². The molecule has 0 spiro atoms. The Balaban J connectivity index is 1.51. The number of morpholine rings is 1. The number of nitrogens with one attached hydrogen (secondary N) is 1. The summed E-state index contributed by atoms with van der Waals surface area (Å²) in [7, 11) is -3.26. The van der Waals surface area contributed by atoms with E-state index >= 15 is 0 Å². The van der Waals surface area contributed by atoms with Gasteiger partial charge in [0.25, 0.3) is 0 Å². The normalized spacial score (nSPS) is 17.5. The smallest absolute Gasteiger partial charge is 0.417 e. The van der Waals surface area contributed by atoms with E-state index in [0.29, 0.717) is 70.4 Å². The summed E-state index contributed by atoms with van der Waals surface area (Å²) in [5.74, 6) is -0.0491. The third-order valence-electron chi connectivity index (χ3n) is 6.97. The summed E-state index contributed by atoms with van der Waals surface area (Å²) in [6.45, 7) is 5.82. The molecule has 5 rings (SSSR count). The lowest BCUT2D eigenvalue weighted by Crippen LogP contribution is -2.47. The summed E-state index contributed by atoms with van der Waals surface area (Å²) in [4.78, 5) is 24.4. The summed E-state index contributed by atoms with van der Waals surface area (Å²) in [5.41, 5.74) is 0.0626. The van der Waals surface area contributed by atoms with E-state index in [4.69, 9.17) is 9.47 Å². The van der Waals surface area contributed by atoms with Crippen molar-refractivity contribution in [2.75, 3.05) is 75.6 Å². The van der Waals surface area contributed by atoms with Crippen LogP contribution in [0.3, 0.4) is 0 Å². The second kappa shape index (κ2) is 12.0. The molecule has 17 heteroatoms. The van der Waals surface area contributed by atoms with Gasteiger partial charge in [-0.05, 0) is 24.6 Å². The fourth-order valence-corrected chi connectivity index (χ4v) is 5.76. The number of carbonyl (C=O) groups is 1. The predicted octanol–water partition coefficient (Wildman–Crippen LogP) is 2.29. The van der Waals surface area contributed by atoms with Crippen molar-refractivity contribution in [1.82, 2.24) is 28.8 Å². The topological polar surface area (TPSA) is 134 Å². The first-order valence-electron chi connectivity index (χ1n) is 13.3. The van der Waals surface area contributed by atoms with Gasteiger partial charge in [-0.3, -0.25) is 10.2 Å². The third-order valence-corrected chi connectivity index (χ3v) is 8.28. The van der Waals surface area contributed by atoms with Crippen LogP contribution in [0.15, 0.2) is 24.5 Å². The van der Waals surface area contributed by atoms with Crippen molar-refractivity contribution in [2.45, 2.75) is 19.6 Å². The molecule has 0 unspecified atom stereocenters. The van der Waals surface area contributed by atoms with Gasteiger partial charge in [0.05, 0.1) is 37.2 Å². The Morgan fingerprint density at radius 2 is 1.83 bits per heavy atom. The number of carbonyl (C=O) groups excluding carboxylic acids is 1. The van der Waals surface area contributed by atoms with E-state index in [0.717, 1.165) is 17.8 Å². The van der Waals surface area contributed by atoms with Gasteiger partial charge in [0.2, 0.25) is 10.0 Å². The number of sulfonamides is 1. The van der Waals surface area contributed by atoms with Gasteiger partial charge in [-0.2, -0.15) is 17.5 Å². The van der Waals surface area contributed by atoms with Crippen LogP contribution in [0, 0.1) is 0 Å².